The van der Waals surface area contributed by atoms with Gasteiger partial charge in [-0.1, -0.05) is 30.3 Å². The minimum Gasteiger partial charge on any atom is -0.347 e. The molecule has 0 bridgehead atoms. The zero-order valence-corrected chi connectivity index (χ0v) is 21.1. The number of alkyl halides is 3. The van der Waals surface area contributed by atoms with Crippen molar-refractivity contribution in [3.05, 3.63) is 95.3 Å². The molecule has 39 heavy (non-hydrogen) atoms. The van der Waals surface area contributed by atoms with Gasteiger partial charge in [0.15, 0.2) is 5.03 Å². The van der Waals surface area contributed by atoms with E-state index in [-0.39, 0.29) is 23.6 Å². The number of imidazole rings is 1. The molecule has 10 nitrogen and oxygen atoms in total. The first-order valence-electron chi connectivity index (χ1n) is 11.7. The minimum absolute atomic E-state index is 0.0119. The first kappa shape index (κ1) is 26.3. The van der Waals surface area contributed by atoms with Gasteiger partial charge < -0.3 is 14.8 Å². The van der Waals surface area contributed by atoms with Gasteiger partial charge in [0.2, 0.25) is 0 Å². The molecule has 3 aromatic heterocycles. The maximum absolute atomic E-state index is 13.5. The predicted molar refractivity (Wildman–Crippen MR) is 135 cm³/mol. The standard InChI is InChI=1S/C25H22F3N7O3S/c26-25(27,28)17-11-20(24(36)33-18-6-7-30-22(12-18)39(29,37)38)23(32-13-17)34-8-9-35-19(14-31-21(35)15-34)10-16-4-2-1-3-5-16/h1-7,11-14H,8-10,15H2,(H2,29,37,38)(H,30,33,36). The summed E-state index contributed by atoms with van der Waals surface area (Å²) in [5, 5.41) is 7.01. The summed E-state index contributed by atoms with van der Waals surface area (Å²) in [6, 6.07) is 12.9. The second kappa shape index (κ2) is 10.1. The van der Waals surface area contributed by atoms with Gasteiger partial charge in [-0.15, -0.1) is 0 Å². The second-order valence-electron chi connectivity index (χ2n) is 8.88. The van der Waals surface area contributed by atoms with Gasteiger partial charge in [0.1, 0.15) is 11.6 Å². The molecule has 1 amide bonds. The lowest BCUT2D eigenvalue weighted by Crippen LogP contribution is -2.36. The Hall–Kier alpha value is -4.30. The third-order valence-corrected chi connectivity index (χ3v) is 7.00. The van der Waals surface area contributed by atoms with Crippen LogP contribution in [0.25, 0.3) is 0 Å². The highest BCUT2D eigenvalue weighted by molar-refractivity contribution is 7.89. The van der Waals surface area contributed by atoms with Crippen LogP contribution in [0.4, 0.5) is 24.7 Å². The number of carbonyl (C=O) groups excluding carboxylic acids is 1. The minimum atomic E-state index is -4.73. The van der Waals surface area contributed by atoms with Gasteiger partial charge in [-0.2, -0.15) is 13.2 Å². The van der Waals surface area contributed by atoms with E-state index < -0.39 is 32.7 Å². The summed E-state index contributed by atoms with van der Waals surface area (Å²) >= 11 is 0. The number of sulfonamides is 1. The molecule has 3 N–H and O–H groups in total. The van der Waals surface area contributed by atoms with Gasteiger partial charge in [-0.05, 0) is 17.7 Å². The molecule has 0 saturated carbocycles. The van der Waals surface area contributed by atoms with E-state index in [1.165, 1.54) is 6.07 Å². The Kier molecular flexibility index (Phi) is 6.82. The van der Waals surface area contributed by atoms with Gasteiger partial charge in [0.05, 0.1) is 17.7 Å². The molecule has 0 radical (unpaired) electrons. The number of hydrogen-bond donors (Lipinski definition) is 2. The number of amides is 1. The van der Waals surface area contributed by atoms with Crippen molar-refractivity contribution in [1.82, 2.24) is 19.5 Å². The number of anilines is 2. The number of benzene rings is 1. The van der Waals surface area contributed by atoms with Gasteiger partial charge in [-0.25, -0.2) is 28.5 Å². The number of primary sulfonamides is 1. The molecule has 0 unspecified atom stereocenters. The van der Waals surface area contributed by atoms with Crippen LogP contribution in [0.5, 0.6) is 0 Å². The molecule has 1 aliphatic heterocycles. The van der Waals surface area contributed by atoms with Gasteiger partial charge in [0, 0.05) is 55.5 Å². The molecule has 0 atom stereocenters. The van der Waals surface area contributed by atoms with E-state index in [0.29, 0.717) is 31.5 Å². The average molecular weight is 558 g/mol. The number of hydrogen-bond acceptors (Lipinski definition) is 7. The third kappa shape index (κ3) is 5.76. The number of nitrogens with zero attached hydrogens (tertiary/aromatic N) is 5. The third-order valence-electron chi connectivity index (χ3n) is 6.20. The Morgan fingerprint density at radius 1 is 1.03 bits per heavy atom. The van der Waals surface area contributed by atoms with Crippen LogP contribution < -0.4 is 15.4 Å². The maximum atomic E-state index is 13.5. The Morgan fingerprint density at radius 3 is 2.51 bits per heavy atom. The smallest absolute Gasteiger partial charge is 0.347 e. The summed E-state index contributed by atoms with van der Waals surface area (Å²) < 4.78 is 65.8. The molecular formula is C25H22F3N7O3S. The SMILES string of the molecule is NS(=O)(=O)c1cc(NC(=O)c2cc(C(F)(F)F)cnc2N2CCn3c(Cc4ccccc4)cnc3C2)ccn1. The van der Waals surface area contributed by atoms with E-state index in [2.05, 4.69) is 24.8 Å². The number of rotatable bonds is 6. The van der Waals surface area contributed by atoms with Crippen LogP contribution in [0.3, 0.4) is 0 Å². The molecule has 4 aromatic rings. The van der Waals surface area contributed by atoms with Crippen LogP contribution in [0, 0.1) is 0 Å². The number of halogens is 3. The van der Waals surface area contributed by atoms with E-state index >= 15 is 0 Å². The number of carbonyl (C=O) groups is 1. The Labute approximate surface area is 221 Å². The Bertz CT molecular complexity index is 1640. The van der Waals surface area contributed by atoms with Crippen LogP contribution in [0.2, 0.25) is 0 Å². The molecule has 202 valence electrons. The van der Waals surface area contributed by atoms with Crippen molar-refractivity contribution in [2.75, 3.05) is 16.8 Å². The fraction of sp³-hybridized carbons (Fsp3) is 0.200. The fourth-order valence-corrected chi connectivity index (χ4v) is 4.82. The molecule has 14 heteroatoms. The topological polar surface area (TPSA) is 136 Å². The summed E-state index contributed by atoms with van der Waals surface area (Å²) in [5.74, 6) is -0.180. The second-order valence-corrected chi connectivity index (χ2v) is 10.4. The number of nitrogens with two attached hydrogens (primary N) is 1. The van der Waals surface area contributed by atoms with E-state index in [1.807, 2.05) is 30.3 Å². The molecule has 0 aliphatic carbocycles. The van der Waals surface area contributed by atoms with Crippen LogP contribution in [0.15, 0.2) is 72.1 Å². The lowest BCUT2D eigenvalue weighted by atomic mass is 10.1. The van der Waals surface area contributed by atoms with Gasteiger partial charge in [0.25, 0.3) is 15.9 Å². The van der Waals surface area contributed by atoms with Crippen molar-refractivity contribution in [2.24, 2.45) is 5.14 Å². The van der Waals surface area contributed by atoms with Gasteiger partial charge >= 0.3 is 6.18 Å². The highest BCUT2D eigenvalue weighted by atomic mass is 32.2. The summed E-state index contributed by atoms with van der Waals surface area (Å²) in [6.07, 6.45) is -0.501. The number of pyridine rings is 2. The number of fused-ring (bicyclic) bond motifs is 1. The maximum Gasteiger partial charge on any atom is 0.417 e. The van der Waals surface area contributed by atoms with E-state index in [0.717, 1.165) is 29.6 Å². The summed E-state index contributed by atoms with van der Waals surface area (Å²) in [5.41, 5.74) is 0.677. The molecule has 5 rings (SSSR count). The molecule has 4 heterocycles. The number of nitrogens with one attached hydrogen (secondary N) is 1. The zero-order chi connectivity index (χ0) is 27.8. The van der Waals surface area contributed by atoms with E-state index in [4.69, 9.17) is 5.14 Å². The van der Waals surface area contributed by atoms with E-state index in [9.17, 15) is 26.4 Å². The first-order chi connectivity index (χ1) is 18.5. The highest BCUT2D eigenvalue weighted by Gasteiger charge is 2.34. The van der Waals surface area contributed by atoms with Crippen molar-refractivity contribution < 1.29 is 26.4 Å². The molecule has 0 fully saturated rings. The van der Waals surface area contributed by atoms with Crippen LogP contribution in [-0.2, 0) is 35.7 Å². The average Bonchev–Trinajstić information content (AvgIpc) is 3.30. The monoisotopic (exact) mass is 557 g/mol. The molecule has 1 aromatic carbocycles. The lowest BCUT2D eigenvalue weighted by molar-refractivity contribution is -0.137. The van der Waals surface area contributed by atoms with Crippen molar-refractivity contribution in [1.29, 1.82) is 0 Å². The van der Waals surface area contributed by atoms with Crippen LogP contribution in [-0.4, -0.2) is 40.4 Å². The predicted octanol–water partition coefficient (Wildman–Crippen LogP) is 3.20. The summed E-state index contributed by atoms with van der Waals surface area (Å²) in [7, 11) is -4.16. The van der Waals surface area contributed by atoms with Gasteiger partial charge in [-0.3, -0.25) is 4.79 Å². The summed E-state index contributed by atoms with van der Waals surface area (Å²) in [4.78, 5) is 27.0. The van der Waals surface area contributed by atoms with Crippen LogP contribution >= 0.6 is 0 Å². The zero-order valence-electron chi connectivity index (χ0n) is 20.3. The lowest BCUT2D eigenvalue weighted by Gasteiger charge is -2.31. The van der Waals surface area contributed by atoms with E-state index in [1.54, 1.807) is 11.1 Å². The van der Waals surface area contributed by atoms with Crippen LogP contribution in [0.1, 0.15) is 33.0 Å². The molecule has 1 aliphatic rings. The molecule has 0 saturated heterocycles. The summed E-state index contributed by atoms with van der Waals surface area (Å²) in [6.45, 7) is 1.08. The fourth-order valence-electron chi connectivity index (χ4n) is 4.32. The molecule has 0 spiro atoms. The Morgan fingerprint density at radius 2 is 1.79 bits per heavy atom. The van der Waals surface area contributed by atoms with Crippen molar-refractivity contribution in [2.45, 2.75) is 30.7 Å². The number of aromatic nitrogens is 4. The largest absolute Gasteiger partial charge is 0.417 e. The normalized spacial score (nSPS) is 13.7. The van der Waals surface area contributed by atoms with Crippen molar-refractivity contribution >= 4 is 27.4 Å². The van der Waals surface area contributed by atoms with Crippen molar-refractivity contribution in [3.8, 4) is 0 Å². The quantitative estimate of drug-likeness (QED) is 0.372. The van der Waals surface area contributed by atoms with Crippen molar-refractivity contribution in [3.63, 3.8) is 0 Å². The first-order valence-corrected chi connectivity index (χ1v) is 13.2. The molecular weight excluding hydrogens is 535 g/mol. The highest BCUT2D eigenvalue weighted by Crippen LogP contribution is 2.33. The Balaban J connectivity index is 1.44.